The van der Waals surface area contributed by atoms with Gasteiger partial charge in [0.2, 0.25) is 0 Å². The molecule has 0 aromatic carbocycles. The van der Waals surface area contributed by atoms with Crippen molar-refractivity contribution in [2.75, 3.05) is 34.5 Å². The van der Waals surface area contributed by atoms with Crippen molar-refractivity contribution in [3.63, 3.8) is 0 Å². The van der Waals surface area contributed by atoms with Crippen LogP contribution in [-0.4, -0.2) is 76.0 Å². The third kappa shape index (κ3) is 7.37. The van der Waals surface area contributed by atoms with E-state index in [1.165, 1.54) is 35.2 Å². The zero-order valence-electron chi connectivity index (χ0n) is 13.0. The highest BCUT2D eigenvalue weighted by Crippen LogP contribution is 2.15. The summed E-state index contributed by atoms with van der Waals surface area (Å²) in [4.78, 5) is 21.9. The zero-order chi connectivity index (χ0) is 16.4. The molecule has 0 spiro atoms. The van der Waals surface area contributed by atoms with Gasteiger partial charge in [0.25, 0.3) is 0 Å². The first-order valence-corrected chi connectivity index (χ1v) is 6.40. The molecule has 0 bridgehead atoms. The van der Waals surface area contributed by atoms with Crippen LogP contribution in [0.5, 0.6) is 0 Å². The van der Waals surface area contributed by atoms with E-state index in [-0.39, 0.29) is 13.2 Å². The third-order valence-corrected chi connectivity index (χ3v) is 2.76. The molecular formula is C13H24O8. The molecule has 0 unspecified atom stereocenters. The Kier molecular flexibility index (Phi) is 9.89. The van der Waals surface area contributed by atoms with Crippen LogP contribution in [0, 0.1) is 0 Å². The molecule has 0 saturated heterocycles. The summed E-state index contributed by atoms with van der Waals surface area (Å²) in [6.07, 6.45) is -3.72. The maximum Gasteiger partial charge on any atom is 0.303 e. The number of rotatable bonds is 10. The fraction of sp³-hybridized carbons (Fsp3) is 0.846. The third-order valence-electron chi connectivity index (χ3n) is 2.76. The molecule has 0 aliphatic heterocycles. The largest absolute Gasteiger partial charge is 0.463 e. The van der Waals surface area contributed by atoms with E-state index in [4.69, 9.17) is 23.7 Å². The molecule has 0 aliphatic rings. The van der Waals surface area contributed by atoms with Crippen molar-refractivity contribution in [2.24, 2.45) is 0 Å². The monoisotopic (exact) mass is 308 g/mol. The van der Waals surface area contributed by atoms with Gasteiger partial charge in [-0.2, -0.15) is 0 Å². The van der Waals surface area contributed by atoms with E-state index in [1.807, 2.05) is 0 Å². The zero-order valence-corrected chi connectivity index (χ0v) is 13.0. The summed E-state index contributed by atoms with van der Waals surface area (Å²) in [5.74, 6) is -1.02. The standard InChI is InChI=1S/C13H24O8/c1-8(14)20-7-10(18-4)12(16)13(19-5)11(6-17-3)21-9(2)15/h10-13,16H,6-7H2,1-5H3/t10-,11-,12-,13-/m1/s1. The fourth-order valence-corrected chi connectivity index (χ4v) is 1.80. The Morgan fingerprint density at radius 2 is 1.57 bits per heavy atom. The lowest BCUT2D eigenvalue weighted by Gasteiger charge is -2.32. The Hall–Kier alpha value is -1.22. The molecule has 1 N–H and O–H groups in total. The van der Waals surface area contributed by atoms with Crippen LogP contribution >= 0.6 is 0 Å². The second-order valence-corrected chi connectivity index (χ2v) is 4.37. The normalized spacial score (nSPS) is 16.7. The number of carbonyl (C=O) groups excluding carboxylic acids is 2. The van der Waals surface area contributed by atoms with Crippen LogP contribution in [-0.2, 0) is 33.3 Å². The van der Waals surface area contributed by atoms with Crippen molar-refractivity contribution in [1.82, 2.24) is 0 Å². The van der Waals surface area contributed by atoms with Crippen molar-refractivity contribution < 1.29 is 38.4 Å². The van der Waals surface area contributed by atoms with E-state index in [2.05, 4.69) is 0 Å². The van der Waals surface area contributed by atoms with Crippen molar-refractivity contribution >= 4 is 11.9 Å². The van der Waals surface area contributed by atoms with Crippen molar-refractivity contribution in [3.8, 4) is 0 Å². The molecule has 0 aromatic rings. The minimum Gasteiger partial charge on any atom is -0.463 e. The first-order valence-electron chi connectivity index (χ1n) is 6.40. The summed E-state index contributed by atoms with van der Waals surface area (Å²) in [6, 6.07) is 0. The van der Waals surface area contributed by atoms with Crippen LogP contribution in [0.25, 0.3) is 0 Å². The summed E-state index contributed by atoms with van der Waals surface area (Å²) >= 11 is 0. The van der Waals surface area contributed by atoms with Gasteiger partial charge in [-0.1, -0.05) is 0 Å². The predicted molar refractivity (Wildman–Crippen MR) is 71.7 cm³/mol. The molecule has 0 radical (unpaired) electrons. The number of hydrogen-bond donors (Lipinski definition) is 1. The Labute approximate surface area is 124 Å². The molecule has 0 aromatic heterocycles. The van der Waals surface area contributed by atoms with Gasteiger partial charge in [-0.3, -0.25) is 9.59 Å². The predicted octanol–water partition coefficient (Wildman–Crippen LogP) is -0.481. The van der Waals surface area contributed by atoms with Crippen molar-refractivity contribution in [2.45, 2.75) is 38.3 Å². The lowest BCUT2D eigenvalue weighted by atomic mass is 10.0. The number of methoxy groups -OCH3 is 3. The number of carbonyl (C=O) groups is 2. The number of aliphatic hydroxyl groups is 1. The van der Waals surface area contributed by atoms with Crippen LogP contribution in [0.15, 0.2) is 0 Å². The van der Waals surface area contributed by atoms with Crippen LogP contribution in [0.3, 0.4) is 0 Å². The van der Waals surface area contributed by atoms with E-state index in [0.717, 1.165) is 0 Å². The Morgan fingerprint density at radius 1 is 0.952 bits per heavy atom. The first kappa shape index (κ1) is 19.8. The smallest absolute Gasteiger partial charge is 0.303 e. The molecule has 8 heteroatoms. The number of hydrogen-bond acceptors (Lipinski definition) is 8. The van der Waals surface area contributed by atoms with Gasteiger partial charge in [0.15, 0.2) is 6.10 Å². The van der Waals surface area contributed by atoms with E-state index in [0.29, 0.717) is 0 Å². The highest BCUT2D eigenvalue weighted by atomic mass is 16.6. The maximum absolute atomic E-state index is 11.1. The average molecular weight is 308 g/mol. The van der Waals surface area contributed by atoms with E-state index in [1.54, 1.807) is 0 Å². The second-order valence-electron chi connectivity index (χ2n) is 4.37. The lowest BCUT2D eigenvalue weighted by Crippen LogP contribution is -2.50. The number of ether oxygens (including phenoxy) is 5. The molecule has 8 nitrogen and oxygen atoms in total. The molecular weight excluding hydrogens is 284 g/mol. The summed E-state index contributed by atoms with van der Waals surface area (Å²) in [6.45, 7) is 2.39. The number of esters is 2. The van der Waals surface area contributed by atoms with Gasteiger partial charge in [-0.25, -0.2) is 0 Å². The van der Waals surface area contributed by atoms with Crippen molar-refractivity contribution in [3.05, 3.63) is 0 Å². The molecule has 0 aliphatic carbocycles. The maximum atomic E-state index is 11.1. The quantitative estimate of drug-likeness (QED) is 0.540. The summed E-state index contributed by atoms with van der Waals surface area (Å²) in [7, 11) is 4.15. The van der Waals surface area contributed by atoms with Gasteiger partial charge in [-0.15, -0.1) is 0 Å². The Balaban J connectivity index is 4.90. The van der Waals surface area contributed by atoms with Gasteiger partial charge in [0.1, 0.15) is 24.9 Å². The summed E-state index contributed by atoms with van der Waals surface area (Å²) in [5.41, 5.74) is 0. The SMILES string of the molecule is COC[C@@H](OC(C)=O)[C@@H](OC)[C@H](O)[C@@H](COC(C)=O)OC. The number of aliphatic hydroxyl groups excluding tert-OH is 1. The molecule has 124 valence electrons. The van der Waals surface area contributed by atoms with E-state index < -0.39 is 36.4 Å². The van der Waals surface area contributed by atoms with Crippen LogP contribution in [0.4, 0.5) is 0 Å². The summed E-state index contributed by atoms with van der Waals surface area (Å²) in [5, 5.41) is 10.3. The molecule has 0 heterocycles. The van der Waals surface area contributed by atoms with Gasteiger partial charge in [0.05, 0.1) is 6.61 Å². The Morgan fingerprint density at radius 3 is 1.95 bits per heavy atom. The topological polar surface area (TPSA) is 101 Å². The van der Waals surface area contributed by atoms with E-state index >= 15 is 0 Å². The van der Waals surface area contributed by atoms with Crippen LogP contribution < -0.4 is 0 Å². The molecule has 0 fully saturated rings. The molecule has 0 saturated carbocycles. The van der Waals surface area contributed by atoms with Gasteiger partial charge < -0.3 is 28.8 Å². The fourth-order valence-electron chi connectivity index (χ4n) is 1.80. The molecule has 21 heavy (non-hydrogen) atoms. The highest BCUT2D eigenvalue weighted by molar-refractivity contribution is 5.66. The van der Waals surface area contributed by atoms with Gasteiger partial charge in [-0.05, 0) is 0 Å². The van der Waals surface area contributed by atoms with Gasteiger partial charge >= 0.3 is 11.9 Å². The van der Waals surface area contributed by atoms with Crippen LogP contribution in [0.2, 0.25) is 0 Å². The molecule has 0 amide bonds. The minimum absolute atomic E-state index is 0.0408. The lowest BCUT2D eigenvalue weighted by molar-refractivity contribution is -0.179. The molecule has 4 atom stereocenters. The van der Waals surface area contributed by atoms with Crippen LogP contribution in [0.1, 0.15) is 13.8 Å². The Bertz CT molecular complexity index is 319. The second kappa shape index (κ2) is 10.5. The average Bonchev–Trinajstić information content (AvgIpc) is 2.39. The van der Waals surface area contributed by atoms with Crippen molar-refractivity contribution in [1.29, 1.82) is 0 Å². The van der Waals surface area contributed by atoms with Gasteiger partial charge in [0, 0.05) is 35.2 Å². The highest BCUT2D eigenvalue weighted by Gasteiger charge is 2.36. The van der Waals surface area contributed by atoms with E-state index in [9.17, 15) is 14.7 Å². The first-order chi connectivity index (χ1) is 9.87. The summed E-state index contributed by atoms with van der Waals surface area (Å²) < 4.78 is 25.1. The molecule has 0 rings (SSSR count). The minimum atomic E-state index is -1.18.